The first-order valence-corrected chi connectivity index (χ1v) is 21.5. The minimum atomic E-state index is 0.900. The van der Waals surface area contributed by atoms with Crippen molar-refractivity contribution in [3.05, 3.63) is 224 Å². The van der Waals surface area contributed by atoms with Gasteiger partial charge in [-0.05, 0) is 129 Å². The topological polar surface area (TPSA) is 16.4 Å². The van der Waals surface area contributed by atoms with Gasteiger partial charge in [0.2, 0.25) is 0 Å². The highest BCUT2D eigenvalue weighted by atomic mass is 32.1. The van der Waals surface area contributed by atoms with Crippen LogP contribution in [0.15, 0.2) is 229 Å². The van der Waals surface area contributed by atoms with E-state index in [1.54, 1.807) is 0 Å². The number of hydrogen-bond donors (Lipinski definition) is 0. The number of thiophene rings is 1. The third-order valence-corrected chi connectivity index (χ3v) is 13.2. The zero-order valence-corrected chi connectivity index (χ0v) is 33.9. The molecule has 12 rings (SSSR count). The van der Waals surface area contributed by atoms with Crippen LogP contribution in [0, 0.1) is 0 Å². The van der Waals surface area contributed by atoms with Gasteiger partial charge in [-0.2, -0.15) is 0 Å². The summed E-state index contributed by atoms with van der Waals surface area (Å²) in [4.78, 5) is 2.40. The Morgan fingerprint density at radius 2 is 0.885 bits per heavy atom. The van der Waals surface area contributed by atoms with Gasteiger partial charge in [0.15, 0.2) is 0 Å². The molecule has 0 saturated carbocycles. The number of para-hydroxylation sites is 2. The fourth-order valence-corrected chi connectivity index (χ4v) is 10.1. The molecule has 0 aliphatic carbocycles. The van der Waals surface area contributed by atoms with E-state index in [1.165, 1.54) is 64.3 Å². The van der Waals surface area contributed by atoms with Crippen LogP contribution in [0.25, 0.3) is 97.4 Å². The van der Waals surface area contributed by atoms with Gasteiger partial charge in [-0.25, -0.2) is 0 Å². The van der Waals surface area contributed by atoms with E-state index in [0.717, 1.165) is 50.1 Å². The van der Waals surface area contributed by atoms with E-state index in [2.05, 4.69) is 217 Å². The summed E-state index contributed by atoms with van der Waals surface area (Å²) in [6, 6.07) is 81.3. The van der Waals surface area contributed by atoms with Gasteiger partial charge in [0.25, 0.3) is 0 Å². The summed E-state index contributed by atoms with van der Waals surface area (Å²) in [6.45, 7) is 0. The standard InChI is InChI=1S/C58H37NOS/c1-2-11-41-35-44(21-20-38(41)10-1)43-13-9-12-42(34-43)39-22-28-47(29-23-39)59(48-30-24-40(25-31-48)45-26-32-51-50-15-4-7-18-55(50)60-56(51)37-45)54-17-6-3-14-49(54)46-27-33-58-53(36-46)52-16-5-8-19-57(52)61-58/h1-37H. The number of fused-ring (bicyclic) bond motifs is 7. The quantitative estimate of drug-likeness (QED) is 0.160. The number of hydrogen-bond acceptors (Lipinski definition) is 3. The zero-order valence-electron chi connectivity index (χ0n) is 33.1. The molecule has 0 saturated heterocycles. The molecular weight excluding hydrogens is 759 g/mol. The fourth-order valence-electron chi connectivity index (χ4n) is 8.99. The van der Waals surface area contributed by atoms with E-state index in [1.807, 2.05) is 23.5 Å². The summed E-state index contributed by atoms with van der Waals surface area (Å²) in [5.74, 6) is 0. The van der Waals surface area contributed by atoms with Crippen molar-refractivity contribution in [2.45, 2.75) is 0 Å². The lowest BCUT2D eigenvalue weighted by Gasteiger charge is -2.28. The maximum atomic E-state index is 6.27. The second kappa shape index (κ2) is 14.5. The molecule has 3 heteroatoms. The molecule has 12 aromatic rings. The first kappa shape index (κ1) is 35.2. The number of nitrogens with zero attached hydrogens (tertiary/aromatic N) is 1. The number of anilines is 3. The predicted molar refractivity (Wildman–Crippen MR) is 261 cm³/mol. The number of rotatable bonds is 7. The van der Waals surface area contributed by atoms with Gasteiger partial charge in [0.05, 0.1) is 5.69 Å². The Balaban J connectivity index is 0.950. The molecule has 0 fully saturated rings. The Kier molecular flexibility index (Phi) is 8.39. The highest BCUT2D eigenvalue weighted by Gasteiger charge is 2.19. The Hall–Kier alpha value is -7.72. The lowest BCUT2D eigenvalue weighted by Crippen LogP contribution is -2.11. The smallest absolute Gasteiger partial charge is 0.136 e. The van der Waals surface area contributed by atoms with Gasteiger partial charge in [-0.15, -0.1) is 11.3 Å². The molecule has 0 amide bonds. The molecule has 10 aromatic carbocycles. The SMILES string of the molecule is c1cc(-c2ccc(N(c3ccc(-c4ccc5c(c4)oc4ccccc45)cc3)c3ccccc3-c3ccc4sc5ccccc5c4c3)cc2)cc(-c2ccc3ccccc3c2)c1. The minimum Gasteiger partial charge on any atom is -0.456 e. The minimum absolute atomic E-state index is 0.900. The molecule has 0 N–H and O–H groups in total. The Bertz CT molecular complexity index is 3590. The van der Waals surface area contributed by atoms with Crippen molar-refractivity contribution in [1.29, 1.82) is 0 Å². The molecule has 2 heterocycles. The molecule has 61 heavy (non-hydrogen) atoms. The van der Waals surface area contributed by atoms with Crippen molar-refractivity contribution in [2.75, 3.05) is 4.90 Å². The Labute approximate surface area is 357 Å². The van der Waals surface area contributed by atoms with E-state index in [9.17, 15) is 0 Å². The van der Waals surface area contributed by atoms with Crippen LogP contribution in [-0.4, -0.2) is 0 Å². The van der Waals surface area contributed by atoms with Gasteiger partial charge in [0.1, 0.15) is 11.2 Å². The Morgan fingerprint density at radius 3 is 1.70 bits per heavy atom. The van der Waals surface area contributed by atoms with Crippen LogP contribution in [0.2, 0.25) is 0 Å². The van der Waals surface area contributed by atoms with Crippen LogP contribution in [0.1, 0.15) is 0 Å². The lowest BCUT2D eigenvalue weighted by molar-refractivity contribution is 0.669. The molecular formula is C58H37NOS. The number of furan rings is 1. The second-order valence-electron chi connectivity index (χ2n) is 15.7. The third kappa shape index (κ3) is 6.26. The van der Waals surface area contributed by atoms with Gasteiger partial charge >= 0.3 is 0 Å². The molecule has 0 radical (unpaired) electrons. The van der Waals surface area contributed by atoms with E-state index in [-0.39, 0.29) is 0 Å². The zero-order chi connectivity index (χ0) is 40.3. The van der Waals surface area contributed by atoms with E-state index < -0.39 is 0 Å². The van der Waals surface area contributed by atoms with Crippen LogP contribution in [0.3, 0.4) is 0 Å². The van der Waals surface area contributed by atoms with Crippen molar-refractivity contribution < 1.29 is 4.42 Å². The third-order valence-electron chi connectivity index (χ3n) is 12.1. The molecule has 2 aromatic heterocycles. The monoisotopic (exact) mass is 795 g/mol. The molecule has 0 unspecified atom stereocenters. The summed E-state index contributed by atoms with van der Waals surface area (Å²) < 4.78 is 8.88. The highest BCUT2D eigenvalue weighted by Crippen LogP contribution is 2.44. The molecule has 0 spiro atoms. The predicted octanol–water partition coefficient (Wildman–Crippen LogP) is 17.2. The van der Waals surface area contributed by atoms with Gasteiger partial charge in [-0.1, -0.05) is 146 Å². The van der Waals surface area contributed by atoms with Crippen molar-refractivity contribution in [3.63, 3.8) is 0 Å². The number of benzene rings is 10. The van der Waals surface area contributed by atoms with Crippen molar-refractivity contribution in [3.8, 4) is 44.5 Å². The second-order valence-corrected chi connectivity index (χ2v) is 16.8. The average Bonchev–Trinajstić information content (AvgIpc) is 3.90. The van der Waals surface area contributed by atoms with Crippen LogP contribution in [0.4, 0.5) is 17.1 Å². The van der Waals surface area contributed by atoms with Crippen molar-refractivity contribution in [2.24, 2.45) is 0 Å². The van der Waals surface area contributed by atoms with Crippen molar-refractivity contribution in [1.82, 2.24) is 0 Å². The van der Waals surface area contributed by atoms with Gasteiger partial charge in [0, 0.05) is 47.9 Å². The Morgan fingerprint density at radius 1 is 0.311 bits per heavy atom. The van der Waals surface area contributed by atoms with Crippen LogP contribution >= 0.6 is 11.3 Å². The maximum absolute atomic E-state index is 6.27. The highest BCUT2D eigenvalue weighted by molar-refractivity contribution is 7.25. The first-order chi connectivity index (χ1) is 30.2. The van der Waals surface area contributed by atoms with Gasteiger partial charge < -0.3 is 9.32 Å². The summed E-state index contributed by atoms with van der Waals surface area (Å²) in [6.07, 6.45) is 0. The molecule has 0 aliphatic rings. The first-order valence-electron chi connectivity index (χ1n) is 20.7. The van der Waals surface area contributed by atoms with E-state index in [0.29, 0.717) is 0 Å². The molecule has 286 valence electrons. The van der Waals surface area contributed by atoms with E-state index >= 15 is 0 Å². The van der Waals surface area contributed by atoms with Crippen LogP contribution < -0.4 is 4.90 Å². The molecule has 0 aliphatic heterocycles. The van der Waals surface area contributed by atoms with Crippen LogP contribution in [0.5, 0.6) is 0 Å². The summed E-state index contributed by atoms with van der Waals surface area (Å²) in [5, 5.41) is 7.37. The largest absolute Gasteiger partial charge is 0.456 e. The molecule has 0 atom stereocenters. The summed E-state index contributed by atoms with van der Waals surface area (Å²) in [5.41, 5.74) is 14.5. The normalized spacial score (nSPS) is 11.6. The lowest BCUT2D eigenvalue weighted by atomic mass is 9.97. The fraction of sp³-hybridized carbons (Fsp3) is 0. The summed E-state index contributed by atoms with van der Waals surface area (Å²) >= 11 is 1.85. The van der Waals surface area contributed by atoms with E-state index in [4.69, 9.17) is 4.42 Å². The maximum Gasteiger partial charge on any atom is 0.136 e. The van der Waals surface area contributed by atoms with Gasteiger partial charge in [-0.3, -0.25) is 0 Å². The van der Waals surface area contributed by atoms with Crippen molar-refractivity contribution >= 4 is 81.3 Å². The molecule has 0 bridgehead atoms. The summed E-state index contributed by atoms with van der Waals surface area (Å²) in [7, 11) is 0. The molecule has 2 nitrogen and oxygen atoms in total. The average molecular weight is 796 g/mol. The van der Waals surface area contributed by atoms with Crippen LogP contribution in [-0.2, 0) is 0 Å².